The molecule has 0 aromatic carbocycles. The number of rotatable bonds is 4. The van der Waals surface area contributed by atoms with Gasteiger partial charge in [0, 0.05) is 7.05 Å². The Morgan fingerprint density at radius 1 is 1.54 bits per heavy atom. The van der Waals surface area contributed by atoms with Gasteiger partial charge in [-0.25, -0.2) is 0 Å². The lowest BCUT2D eigenvalue weighted by molar-refractivity contribution is -0.131. The fourth-order valence-corrected chi connectivity index (χ4v) is 1.74. The molecule has 1 unspecified atom stereocenters. The minimum atomic E-state index is -0.300. The predicted molar refractivity (Wildman–Crippen MR) is 51.4 cm³/mol. The molecular formula is C10H19NO2. The monoisotopic (exact) mass is 185 g/mol. The highest BCUT2D eigenvalue weighted by Gasteiger charge is 2.18. The number of nitrogens with one attached hydrogen (secondary N) is 1. The second-order valence-corrected chi connectivity index (χ2v) is 3.74. The van der Waals surface area contributed by atoms with Crippen LogP contribution in [0.3, 0.4) is 0 Å². The molecule has 1 fully saturated rings. The van der Waals surface area contributed by atoms with Crippen LogP contribution in [0.2, 0.25) is 0 Å². The lowest BCUT2D eigenvalue weighted by Gasteiger charge is -2.14. The van der Waals surface area contributed by atoms with E-state index in [1.54, 1.807) is 14.0 Å². The molecule has 1 rings (SSSR count). The van der Waals surface area contributed by atoms with Crippen molar-refractivity contribution in [2.24, 2.45) is 5.92 Å². The van der Waals surface area contributed by atoms with Gasteiger partial charge in [-0.05, 0) is 25.7 Å². The van der Waals surface area contributed by atoms with Gasteiger partial charge < -0.3 is 10.1 Å². The van der Waals surface area contributed by atoms with Crippen molar-refractivity contribution in [3.05, 3.63) is 0 Å². The quantitative estimate of drug-likeness (QED) is 0.717. The molecule has 0 aromatic rings. The Morgan fingerprint density at radius 2 is 2.15 bits per heavy atom. The van der Waals surface area contributed by atoms with Gasteiger partial charge in [0.2, 0.25) is 5.91 Å². The molecule has 1 atom stereocenters. The van der Waals surface area contributed by atoms with E-state index >= 15 is 0 Å². The standard InChI is InChI=1S/C10H19NO2/c1-8(10(12)11-2)13-7-9-5-3-4-6-9/h8-9H,3-7H2,1-2H3,(H,11,12). The van der Waals surface area contributed by atoms with Crippen molar-refractivity contribution in [3.63, 3.8) is 0 Å². The average Bonchev–Trinajstić information content (AvgIpc) is 2.65. The Morgan fingerprint density at radius 3 is 2.69 bits per heavy atom. The van der Waals surface area contributed by atoms with Crippen molar-refractivity contribution >= 4 is 5.91 Å². The summed E-state index contributed by atoms with van der Waals surface area (Å²) in [4.78, 5) is 11.1. The Hall–Kier alpha value is -0.570. The molecular weight excluding hydrogens is 166 g/mol. The van der Waals surface area contributed by atoms with Crippen LogP contribution in [0.1, 0.15) is 32.6 Å². The van der Waals surface area contributed by atoms with E-state index in [0.717, 1.165) is 6.61 Å². The zero-order valence-electron chi connectivity index (χ0n) is 8.51. The second-order valence-electron chi connectivity index (χ2n) is 3.74. The summed E-state index contributed by atoms with van der Waals surface area (Å²) < 4.78 is 5.47. The van der Waals surface area contributed by atoms with Crippen LogP contribution in [-0.4, -0.2) is 25.7 Å². The van der Waals surface area contributed by atoms with Crippen molar-refractivity contribution in [3.8, 4) is 0 Å². The average molecular weight is 185 g/mol. The fourth-order valence-electron chi connectivity index (χ4n) is 1.74. The van der Waals surface area contributed by atoms with Gasteiger partial charge in [0.15, 0.2) is 0 Å². The van der Waals surface area contributed by atoms with E-state index in [1.807, 2.05) is 0 Å². The third kappa shape index (κ3) is 3.35. The summed E-state index contributed by atoms with van der Waals surface area (Å²) in [7, 11) is 1.64. The fraction of sp³-hybridized carbons (Fsp3) is 0.900. The molecule has 3 heteroatoms. The zero-order chi connectivity index (χ0) is 9.68. The van der Waals surface area contributed by atoms with E-state index in [-0.39, 0.29) is 12.0 Å². The summed E-state index contributed by atoms with van der Waals surface area (Å²) in [6, 6.07) is 0. The van der Waals surface area contributed by atoms with Gasteiger partial charge in [0.25, 0.3) is 0 Å². The van der Waals surface area contributed by atoms with Crippen molar-refractivity contribution in [2.75, 3.05) is 13.7 Å². The number of hydrogen-bond donors (Lipinski definition) is 1. The van der Waals surface area contributed by atoms with Crippen LogP contribution in [0.5, 0.6) is 0 Å². The molecule has 0 aliphatic heterocycles. The summed E-state index contributed by atoms with van der Waals surface area (Å²) in [5.74, 6) is 0.658. The molecule has 1 saturated carbocycles. The molecule has 0 aromatic heterocycles. The first kappa shape index (κ1) is 10.5. The molecule has 0 saturated heterocycles. The molecule has 0 radical (unpaired) electrons. The first-order valence-electron chi connectivity index (χ1n) is 5.07. The zero-order valence-corrected chi connectivity index (χ0v) is 8.51. The maximum atomic E-state index is 11.1. The van der Waals surface area contributed by atoms with Crippen LogP contribution in [0.4, 0.5) is 0 Å². The van der Waals surface area contributed by atoms with Crippen molar-refractivity contribution in [1.29, 1.82) is 0 Å². The van der Waals surface area contributed by atoms with E-state index < -0.39 is 0 Å². The van der Waals surface area contributed by atoms with Gasteiger partial charge in [-0.15, -0.1) is 0 Å². The second kappa shape index (κ2) is 5.22. The van der Waals surface area contributed by atoms with Crippen molar-refractivity contribution < 1.29 is 9.53 Å². The molecule has 13 heavy (non-hydrogen) atoms. The topological polar surface area (TPSA) is 38.3 Å². The molecule has 0 spiro atoms. The first-order chi connectivity index (χ1) is 6.24. The maximum Gasteiger partial charge on any atom is 0.248 e. The van der Waals surface area contributed by atoms with E-state index in [4.69, 9.17) is 4.74 Å². The summed E-state index contributed by atoms with van der Waals surface area (Å²) in [6.07, 6.45) is 4.87. The molecule has 1 amide bonds. The van der Waals surface area contributed by atoms with Crippen LogP contribution in [0, 0.1) is 5.92 Å². The van der Waals surface area contributed by atoms with Gasteiger partial charge in [-0.1, -0.05) is 12.8 Å². The van der Waals surface area contributed by atoms with E-state index in [9.17, 15) is 4.79 Å². The van der Waals surface area contributed by atoms with Gasteiger partial charge in [0.05, 0.1) is 6.61 Å². The highest BCUT2D eigenvalue weighted by atomic mass is 16.5. The number of ether oxygens (including phenoxy) is 1. The Labute approximate surface area is 79.8 Å². The van der Waals surface area contributed by atoms with Gasteiger partial charge in [-0.2, -0.15) is 0 Å². The highest BCUT2D eigenvalue weighted by Crippen LogP contribution is 2.24. The Kier molecular flexibility index (Phi) is 4.22. The number of carbonyl (C=O) groups excluding carboxylic acids is 1. The van der Waals surface area contributed by atoms with Gasteiger partial charge in [-0.3, -0.25) is 4.79 Å². The Balaban J connectivity index is 2.13. The SMILES string of the molecule is CNC(=O)C(C)OCC1CCCC1. The third-order valence-electron chi connectivity index (χ3n) is 2.67. The molecule has 1 N–H and O–H groups in total. The van der Waals surface area contributed by atoms with Crippen LogP contribution in [0.15, 0.2) is 0 Å². The summed E-state index contributed by atoms with van der Waals surface area (Å²) >= 11 is 0. The molecule has 76 valence electrons. The normalized spacial score (nSPS) is 20.2. The van der Waals surface area contributed by atoms with Crippen LogP contribution in [-0.2, 0) is 9.53 Å². The first-order valence-corrected chi connectivity index (χ1v) is 5.07. The largest absolute Gasteiger partial charge is 0.368 e. The van der Waals surface area contributed by atoms with Crippen LogP contribution < -0.4 is 5.32 Å². The lowest BCUT2D eigenvalue weighted by atomic mass is 10.1. The predicted octanol–water partition coefficient (Wildman–Crippen LogP) is 1.33. The maximum absolute atomic E-state index is 11.1. The third-order valence-corrected chi connectivity index (χ3v) is 2.67. The lowest BCUT2D eigenvalue weighted by Crippen LogP contribution is -2.32. The summed E-state index contributed by atoms with van der Waals surface area (Å²) in [5, 5.41) is 2.58. The molecule has 1 aliphatic rings. The molecule has 3 nitrogen and oxygen atoms in total. The van der Waals surface area contributed by atoms with Gasteiger partial charge >= 0.3 is 0 Å². The Bertz CT molecular complexity index is 164. The number of carbonyl (C=O) groups is 1. The molecule has 1 aliphatic carbocycles. The minimum absolute atomic E-state index is 0.0296. The van der Waals surface area contributed by atoms with Gasteiger partial charge in [0.1, 0.15) is 6.10 Å². The summed E-state index contributed by atoms with van der Waals surface area (Å²) in [6.45, 7) is 2.54. The highest BCUT2D eigenvalue weighted by molar-refractivity contribution is 5.79. The molecule has 0 heterocycles. The van der Waals surface area contributed by atoms with E-state index in [0.29, 0.717) is 5.92 Å². The number of likely N-dealkylation sites (N-methyl/N-ethyl adjacent to an activating group) is 1. The van der Waals surface area contributed by atoms with Crippen LogP contribution in [0.25, 0.3) is 0 Å². The van der Waals surface area contributed by atoms with Crippen molar-refractivity contribution in [2.45, 2.75) is 38.7 Å². The van der Waals surface area contributed by atoms with E-state index in [2.05, 4.69) is 5.32 Å². The van der Waals surface area contributed by atoms with E-state index in [1.165, 1.54) is 25.7 Å². The minimum Gasteiger partial charge on any atom is -0.368 e. The number of amides is 1. The van der Waals surface area contributed by atoms with Crippen molar-refractivity contribution in [1.82, 2.24) is 5.32 Å². The smallest absolute Gasteiger partial charge is 0.248 e. The van der Waals surface area contributed by atoms with Crippen LogP contribution >= 0.6 is 0 Å². The summed E-state index contributed by atoms with van der Waals surface area (Å²) in [5.41, 5.74) is 0. The molecule has 0 bridgehead atoms. The number of hydrogen-bond acceptors (Lipinski definition) is 2.